The molecule has 0 unspecified atom stereocenters. The van der Waals surface area contributed by atoms with Crippen molar-refractivity contribution in [2.75, 3.05) is 0 Å². The first-order valence-electron chi connectivity index (χ1n) is 5.24. The molecule has 0 atom stereocenters. The van der Waals surface area contributed by atoms with E-state index in [9.17, 15) is 22.0 Å². The van der Waals surface area contributed by atoms with Gasteiger partial charge in [0.2, 0.25) is 11.9 Å². The van der Waals surface area contributed by atoms with Crippen molar-refractivity contribution in [3.8, 4) is 5.69 Å². The van der Waals surface area contributed by atoms with Gasteiger partial charge in [0.1, 0.15) is 5.69 Å². The van der Waals surface area contributed by atoms with E-state index in [0.29, 0.717) is 0 Å². The summed E-state index contributed by atoms with van der Waals surface area (Å²) in [5.74, 6) is -4.43. The Labute approximate surface area is 114 Å². The summed E-state index contributed by atoms with van der Waals surface area (Å²) in [6.45, 7) is 1.78. The fraction of sp³-hybridized carbons (Fsp3) is 0.182. The number of aliphatic carboxylic acids is 1. The number of halogens is 5. The molecule has 0 aromatic carbocycles. The predicted molar refractivity (Wildman–Crippen MR) is 59.7 cm³/mol. The van der Waals surface area contributed by atoms with E-state index in [1.54, 1.807) is 13.1 Å². The van der Waals surface area contributed by atoms with Crippen LogP contribution in [0, 0.1) is 18.8 Å². The fourth-order valence-corrected chi connectivity index (χ4v) is 1.15. The van der Waals surface area contributed by atoms with Gasteiger partial charge in [0.25, 0.3) is 0 Å². The van der Waals surface area contributed by atoms with Crippen LogP contribution in [0.3, 0.4) is 0 Å². The van der Waals surface area contributed by atoms with Crippen LogP contribution >= 0.6 is 0 Å². The van der Waals surface area contributed by atoms with E-state index < -0.39 is 24.0 Å². The molecule has 0 saturated heterocycles. The van der Waals surface area contributed by atoms with Gasteiger partial charge in [-0.05, 0) is 19.1 Å². The van der Waals surface area contributed by atoms with Crippen molar-refractivity contribution >= 4 is 5.97 Å². The third-order valence-corrected chi connectivity index (χ3v) is 2.03. The first-order chi connectivity index (χ1) is 9.61. The highest BCUT2D eigenvalue weighted by Crippen LogP contribution is 2.13. The third kappa shape index (κ3) is 4.82. The Balaban J connectivity index is 0.000000270. The van der Waals surface area contributed by atoms with E-state index in [1.807, 2.05) is 0 Å². The Morgan fingerprint density at radius 3 is 2.24 bits per heavy atom. The van der Waals surface area contributed by atoms with Crippen molar-refractivity contribution in [1.82, 2.24) is 14.5 Å². The predicted octanol–water partition coefficient (Wildman–Crippen LogP) is 2.49. The van der Waals surface area contributed by atoms with E-state index in [0.717, 1.165) is 11.8 Å². The first kappa shape index (κ1) is 16.5. The molecule has 1 N–H and O–H groups in total. The Morgan fingerprint density at radius 1 is 1.29 bits per heavy atom. The van der Waals surface area contributed by atoms with Crippen LogP contribution in [0.5, 0.6) is 0 Å². The molecule has 0 bridgehead atoms. The number of hydrogen-bond donors (Lipinski definition) is 1. The summed E-state index contributed by atoms with van der Waals surface area (Å²) < 4.78 is 58.8. The molecule has 2 aromatic rings. The number of carboxylic acid groups (broad SMARTS) is 1. The van der Waals surface area contributed by atoms with Crippen LogP contribution in [0.1, 0.15) is 5.69 Å². The van der Waals surface area contributed by atoms with Crippen LogP contribution in [-0.2, 0) is 4.79 Å². The third-order valence-electron chi connectivity index (χ3n) is 2.03. The number of rotatable bonds is 1. The van der Waals surface area contributed by atoms with Crippen molar-refractivity contribution in [2.45, 2.75) is 13.1 Å². The average molecular weight is 309 g/mol. The molecule has 0 aliphatic carbocycles. The second-order valence-electron chi connectivity index (χ2n) is 3.67. The summed E-state index contributed by atoms with van der Waals surface area (Å²) in [6.07, 6.45) is -1.99. The second kappa shape index (κ2) is 6.29. The second-order valence-corrected chi connectivity index (χ2v) is 3.67. The summed E-state index contributed by atoms with van der Waals surface area (Å²) in [5, 5.41) is 7.12. The zero-order chi connectivity index (χ0) is 16.2. The van der Waals surface area contributed by atoms with Crippen LogP contribution in [0.4, 0.5) is 22.0 Å². The van der Waals surface area contributed by atoms with E-state index in [-0.39, 0.29) is 5.69 Å². The van der Waals surface area contributed by atoms with E-state index in [1.165, 1.54) is 17.0 Å². The molecule has 5 nitrogen and oxygen atoms in total. The Kier molecular flexibility index (Phi) is 4.95. The minimum absolute atomic E-state index is 0.187. The van der Waals surface area contributed by atoms with Crippen molar-refractivity contribution < 1.29 is 31.9 Å². The maximum atomic E-state index is 13.1. The quantitative estimate of drug-likeness (QED) is 0.649. The van der Waals surface area contributed by atoms with Gasteiger partial charge >= 0.3 is 12.1 Å². The molecule has 2 heterocycles. The molecule has 0 amide bonds. The highest BCUT2D eigenvalue weighted by molar-refractivity contribution is 5.73. The van der Waals surface area contributed by atoms with Gasteiger partial charge in [0.05, 0.1) is 12.0 Å². The van der Waals surface area contributed by atoms with E-state index in [2.05, 4.69) is 9.97 Å². The molecule has 0 spiro atoms. The summed E-state index contributed by atoms with van der Waals surface area (Å²) in [5.41, 5.74) is 0.945. The Bertz CT molecular complexity index is 639. The van der Waals surface area contributed by atoms with Gasteiger partial charge in [-0.15, -0.1) is 0 Å². The lowest BCUT2D eigenvalue weighted by atomic mass is 10.4. The number of aromatic nitrogens is 3. The topological polar surface area (TPSA) is 68.0 Å². The monoisotopic (exact) mass is 309 g/mol. The summed E-state index contributed by atoms with van der Waals surface area (Å²) in [4.78, 5) is 15.9. The van der Waals surface area contributed by atoms with Gasteiger partial charge in [-0.3, -0.25) is 0 Å². The van der Waals surface area contributed by atoms with Crippen LogP contribution in [0.2, 0.25) is 0 Å². The Morgan fingerprint density at radius 2 is 1.86 bits per heavy atom. The number of nitrogens with zero attached hydrogens (tertiary/aromatic N) is 3. The molecule has 21 heavy (non-hydrogen) atoms. The molecule has 0 radical (unpaired) electrons. The van der Waals surface area contributed by atoms with Crippen LogP contribution < -0.4 is 0 Å². The van der Waals surface area contributed by atoms with E-state index >= 15 is 0 Å². The number of alkyl halides is 3. The van der Waals surface area contributed by atoms with Gasteiger partial charge in [-0.25, -0.2) is 9.78 Å². The van der Waals surface area contributed by atoms with Crippen molar-refractivity contribution in [3.63, 3.8) is 0 Å². The molecule has 2 rings (SSSR count). The number of carbonyl (C=O) groups is 1. The number of carboxylic acids is 1. The highest BCUT2D eigenvalue weighted by atomic mass is 19.4. The molecule has 0 aliphatic heterocycles. The normalized spacial score (nSPS) is 10.8. The van der Waals surface area contributed by atoms with Gasteiger partial charge in [0.15, 0.2) is 0 Å². The number of aryl methyl sites for hydroxylation is 1. The molecule has 0 fully saturated rings. The minimum Gasteiger partial charge on any atom is -0.475 e. The zero-order valence-electron chi connectivity index (χ0n) is 10.4. The molecular formula is C11H8F5N3O2. The van der Waals surface area contributed by atoms with Crippen molar-refractivity contribution in [3.05, 3.63) is 42.2 Å². The summed E-state index contributed by atoms with van der Waals surface area (Å²) in [7, 11) is 0. The lowest BCUT2D eigenvalue weighted by molar-refractivity contribution is -0.192. The molecule has 2 aromatic heterocycles. The lowest BCUT2D eigenvalue weighted by Crippen LogP contribution is -2.21. The van der Waals surface area contributed by atoms with E-state index in [4.69, 9.17) is 9.90 Å². The molecular weight excluding hydrogens is 301 g/mol. The Hall–Kier alpha value is -2.52. The number of pyridine rings is 1. The lowest BCUT2D eigenvalue weighted by Gasteiger charge is -2.01. The summed E-state index contributed by atoms with van der Waals surface area (Å²) in [6, 6.07) is 2.42. The standard InChI is InChI=1S/C9H7F2N3.C2HF3O2/c1-6-4-14(5-12-6)7-2-3-8(10)13-9(7)11;3-2(4,5)1(6)7/h2-5H,1H3;(H,6,7). The maximum Gasteiger partial charge on any atom is 0.490 e. The molecule has 0 saturated carbocycles. The van der Waals surface area contributed by atoms with Crippen LogP contribution in [0.15, 0.2) is 24.7 Å². The van der Waals surface area contributed by atoms with Crippen molar-refractivity contribution in [1.29, 1.82) is 0 Å². The average Bonchev–Trinajstić information content (AvgIpc) is 2.75. The van der Waals surface area contributed by atoms with Gasteiger partial charge in [0, 0.05) is 6.20 Å². The molecule has 10 heteroatoms. The molecule has 0 aliphatic rings. The molecule has 114 valence electrons. The van der Waals surface area contributed by atoms with Gasteiger partial charge in [-0.1, -0.05) is 0 Å². The van der Waals surface area contributed by atoms with Crippen LogP contribution in [0.25, 0.3) is 5.69 Å². The van der Waals surface area contributed by atoms with Crippen molar-refractivity contribution in [2.24, 2.45) is 0 Å². The fourth-order valence-electron chi connectivity index (χ4n) is 1.15. The summed E-state index contributed by atoms with van der Waals surface area (Å²) >= 11 is 0. The van der Waals surface area contributed by atoms with Crippen LogP contribution in [-0.4, -0.2) is 31.8 Å². The minimum atomic E-state index is -5.08. The maximum absolute atomic E-state index is 13.1. The first-order valence-corrected chi connectivity index (χ1v) is 5.24. The SMILES string of the molecule is Cc1cn(-c2ccc(F)nc2F)cn1.O=C(O)C(F)(F)F. The van der Waals surface area contributed by atoms with Gasteiger partial charge in [-0.2, -0.15) is 26.9 Å². The number of hydrogen-bond acceptors (Lipinski definition) is 3. The largest absolute Gasteiger partial charge is 0.490 e. The number of imidazole rings is 1. The zero-order valence-corrected chi connectivity index (χ0v) is 10.4. The van der Waals surface area contributed by atoms with Gasteiger partial charge < -0.3 is 9.67 Å². The highest BCUT2D eigenvalue weighted by Gasteiger charge is 2.38. The smallest absolute Gasteiger partial charge is 0.475 e.